The third-order valence-corrected chi connectivity index (χ3v) is 4.72. The lowest BCUT2D eigenvalue weighted by atomic mass is 10.1. The summed E-state index contributed by atoms with van der Waals surface area (Å²) in [5.41, 5.74) is 3.51. The summed E-state index contributed by atoms with van der Waals surface area (Å²) in [5, 5.41) is 6.72. The summed E-state index contributed by atoms with van der Waals surface area (Å²) in [4.78, 5) is 16.5. The van der Waals surface area contributed by atoms with Gasteiger partial charge >= 0.3 is 6.03 Å². The smallest absolute Gasteiger partial charge is 0.315 e. The van der Waals surface area contributed by atoms with Crippen LogP contribution in [-0.2, 0) is 13.1 Å². The lowest BCUT2D eigenvalue weighted by molar-refractivity contribution is 0.239. The monoisotopic (exact) mass is 412 g/mol. The van der Waals surface area contributed by atoms with E-state index < -0.39 is 0 Å². The number of nitrogens with zero attached hydrogens (tertiary/aromatic N) is 2. The SMILES string of the molecule is Cc1c(CNC(=O)NCc2cn3cc(Br)ccc3n2)oc2ccccc12. The van der Waals surface area contributed by atoms with Crippen LogP contribution in [0.3, 0.4) is 0 Å². The van der Waals surface area contributed by atoms with Crippen LogP contribution < -0.4 is 10.6 Å². The van der Waals surface area contributed by atoms with E-state index in [1.807, 2.05) is 60.1 Å². The quantitative estimate of drug-likeness (QED) is 0.528. The minimum Gasteiger partial charge on any atom is -0.459 e. The van der Waals surface area contributed by atoms with Gasteiger partial charge in [-0.3, -0.25) is 0 Å². The van der Waals surface area contributed by atoms with Gasteiger partial charge in [0.1, 0.15) is 17.0 Å². The van der Waals surface area contributed by atoms with E-state index in [0.29, 0.717) is 13.1 Å². The van der Waals surface area contributed by atoms with Crippen molar-refractivity contribution in [1.82, 2.24) is 20.0 Å². The first-order valence-electron chi connectivity index (χ1n) is 8.22. The number of hydrogen-bond donors (Lipinski definition) is 2. The van der Waals surface area contributed by atoms with Gasteiger partial charge in [-0.25, -0.2) is 9.78 Å². The Hall–Kier alpha value is -2.80. The highest BCUT2D eigenvalue weighted by Gasteiger charge is 2.11. The second-order valence-corrected chi connectivity index (χ2v) is 6.94. The van der Waals surface area contributed by atoms with Crippen LogP contribution >= 0.6 is 15.9 Å². The molecule has 0 fully saturated rings. The van der Waals surface area contributed by atoms with E-state index in [4.69, 9.17) is 4.42 Å². The number of halogens is 1. The molecule has 0 spiro atoms. The summed E-state index contributed by atoms with van der Waals surface area (Å²) in [7, 11) is 0. The molecular formula is C19H17BrN4O2. The summed E-state index contributed by atoms with van der Waals surface area (Å²) in [6, 6.07) is 11.4. The molecule has 3 aromatic heterocycles. The number of urea groups is 1. The molecule has 4 aromatic rings. The van der Waals surface area contributed by atoms with Crippen molar-refractivity contribution in [1.29, 1.82) is 0 Å². The Morgan fingerprint density at radius 2 is 1.96 bits per heavy atom. The van der Waals surface area contributed by atoms with E-state index in [9.17, 15) is 4.79 Å². The van der Waals surface area contributed by atoms with Crippen molar-refractivity contribution in [2.24, 2.45) is 0 Å². The van der Waals surface area contributed by atoms with Crippen LogP contribution in [0.4, 0.5) is 4.79 Å². The Morgan fingerprint density at radius 3 is 2.81 bits per heavy atom. The molecule has 0 radical (unpaired) electrons. The Labute approximate surface area is 158 Å². The van der Waals surface area contributed by atoms with E-state index in [1.165, 1.54) is 0 Å². The van der Waals surface area contributed by atoms with Crippen molar-refractivity contribution in [2.45, 2.75) is 20.0 Å². The molecule has 2 N–H and O–H groups in total. The standard InChI is InChI=1S/C19H17BrN4O2/c1-12-15-4-2-3-5-16(15)26-17(12)9-22-19(25)21-8-14-11-24-10-13(20)6-7-18(24)23-14/h2-7,10-11H,8-9H2,1H3,(H2,21,22,25). The van der Waals surface area contributed by atoms with Crippen LogP contribution in [0.2, 0.25) is 0 Å². The van der Waals surface area contributed by atoms with Crippen LogP contribution in [0.15, 0.2) is 57.7 Å². The van der Waals surface area contributed by atoms with Crippen LogP contribution in [0, 0.1) is 6.92 Å². The predicted molar refractivity (Wildman–Crippen MR) is 103 cm³/mol. The molecule has 0 bridgehead atoms. The topological polar surface area (TPSA) is 71.6 Å². The molecule has 0 unspecified atom stereocenters. The number of carbonyl (C=O) groups excluding carboxylic acids is 1. The maximum atomic E-state index is 12.1. The zero-order valence-electron chi connectivity index (χ0n) is 14.1. The molecule has 0 atom stereocenters. The average molecular weight is 413 g/mol. The molecule has 0 aliphatic heterocycles. The number of nitrogens with one attached hydrogen (secondary N) is 2. The van der Waals surface area contributed by atoms with Gasteiger partial charge in [0.2, 0.25) is 0 Å². The summed E-state index contributed by atoms with van der Waals surface area (Å²) in [6.45, 7) is 2.68. The number of imidazole rings is 1. The molecule has 1 aromatic carbocycles. The van der Waals surface area contributed by atoms with Gasteiger partial charge in [-0.05, 0) is 41.1 Å². The third-order valence-electron chi connectivity index (χ3n) is 4.25. The number of aromatic nitrogens is 2. The van der Waals surface area contributed by atoms with Gasteiger partial charge in [-0.15, -0.1) is 0 Å². The number of carbonyl (C=O) groups is 1. The lowest BCUT2D eigenvalue weighted by Crippen LogP contribution is -2.34. The number of benzene rings is 1. The van der Waals surface area contributed by atoms with E-state index in [0.717, 1.165) is 38.1 Å². The second-order valence-electron chi connectivity index (χ2n) is 6.03. The van der Waals surface area contributed by atoms with E-state index in [2.05, 4.69) is 31.5 Å². The summed E-state index contributed by atoms with van der Waals surface area (Å²) in [5.74, 6) is 0.763. The molecule has 3 heterocycles. The predicted octanol–water partition coefficient (Wildman–Crippen LogP) is 4.15. The molecule has 132 valence electrons. The van der Waals surface area contributed by atoms with Gasteiger partial charge in [0, 0.05) is 27.8 Å². The van der Waals surface area contributed by atoms with Gasteiger partial charge in [-0.2, -0.15) is 0 Å². The fourth-order valence-electron chi connectivity index (χ4n) is 2.89. The first-order valence-corrected chi connectivity index (χ1v) is 9.01. The molecular weight excluding hydrogens is 396 g/mol. The molecule has 4 rings (SSSR count). The van der Waals surface area contributed by atoms with Crippen LogP contribution in [0.1, 0.15) is 17.0 Å². The van der Waals surface area contributed by atoms with Crippen molar-refractivity contribution in [3.05, 3.63) is 70.3 Å². The number of amides is 2. The zero-order valence-corrected chi connectivity index (χ0v) is 15.7. The highest BCUT2D eigenvalue weighted by molar-refractivity contribution is 9.10. The van der Waals surface area contributed by atoms with Crippen molar-refractivity contribution in [3.63, 3.8) is 0 Å². The highest BCUT2D eigenvalue weighted by Crippen LogP contribution is 2.24. The zero-order chi connectivity index (χ0) is 18.1. The lowest BCUT2D eigenvalue weighted by Gasteiger charge is -2.05. The number of furan rings is 1. The Morgan fingerprint density at radius 1 is 1.15 bits per heavy atom. The fourth-order valence-corrected chi connectivity index (χ4v) is 3.24. The maximum absolute atomic E-state index is 12.1. The van der Waals surface area contributed by atoms with E-state index >= 15 is 0 Å². The van der Waals surface area contributed by atoms with Gasteiger partial charge in [0.05, 0.1) is 18.8 Å². The molecule has 7 heteroatoms. The molecule has 2 amide bonds. The Balaban J connectivity index is 1.36. The number of para-hydroxylation sites is 1. The largest absolute Gasteiger partial charge is 0.459 e. The van der Waals surface area contributed by atoms with Crippen molar-refractivity contribution in [2.75, 3.05) is 0 Å². The van der Waals surface area contributed by atoms with Gasteiger partial charge in [-0.1, -0.05) is 18.2 Å². The summed E-state index contributed by atoms with van der Waals surface area (Å²) in [6.07, 6.45) is 3.82. The normalized spacial score (nSPS) is 11.2. The number of pyridine rings is 1. The molecule has 26 heavy (non-hydrogen) atoms. The van der Waals surface area contributed by atoms with E-state index in [1.54, 1.807) is 0 Å². The minimum atomic E-state index is -0.261. The number of aryl methyl sites for hydroxylation is 1. The highest BCUT2D eigenvalue weighted by atomic mass is 79.9. The first kappa shape index (κ1) is 16.7. The molecule has 0 aliphatic rings. The van der Waals surface area contributed by atoms with E-state index in [-0.39, 0.29) is 6.03 Å². The average Bonchev–Trinajstić information content (AvgIpc) is 3.19. The van der Waals surface area contributed by atoms with Gasteiger partial charge in [0.15, 0.2) is 0 Å². The minimum absolute atomic E-state index is 0.261. The fraction of sp³-hybridized carbons (Fsp3) is 0.158. The Kier molecular flexibility index (Phi) is 4.38. The summed E-state index contributed by atoms with van der Waals surface area (Å²) >= 11 is 3.43. The Bertz CT molecular complexity index is 1100. The third kappa shape index (κ3) is 3.30. The molecule has 0 saturated carbocycles. The molecule has 6 nitrogen and oxygen atoms in total. The maximum Gasteiger partial charge on any atom is 0.315 e. The van der Waals surface area contributed by atoms with Crippen molar-refractivity contribution >= 4 is 38.6 Å². The summed E-state index contributed by atoms with van der Waals surface area (Å²) < 4.78 is 8.69. The molecule has 0 saturated heterocycles. The van der Waals surface area contributed by atoms with Crippen molar-refractivity contribution in [3.8, 4) is 0 Å². The van der Waals surface area contributed by atoms with Gasteiger partial charge < -0.3 is 19.5 Å². The number of rotatable bonds is 4. The number of fused-ring (bicyclic) bond motifs is 2. The molecule has 0 aliphatic carbocycles. The van der Waals surface area contributed by atoms with Gasteiger partial charge in [0.25, 0.3) is 0 Å². The first-order chi connectivity index (χ1) is 12.6. The van der Waals surface area contributed by atoms with Crippen LogP contribution in [0.25, 0.3) is 16.6 Å². The van der Waals surface area contributed by atoms with Crippen molar-refractivity contribution < 1.29 is 9.21 Å². The number of hydrogen-bond acceptors (Lipinski definition) is 3. The van der Waals surface area contributed by atoms with Crippen LogP contribution in [0.5, 0.6) is 0 Å². The second kappa shape index (κ2) is 6.84. The van der Waals surface area contributed by atoms with Crippen LogP contribution in [-0.4, -0.2) is 15.4 Å².